The van der Waals surface area contributed by atoms with E-state index in [-0.39, 0.29) is 6.04 Å². The van der Waals surface area contributed by atoms with Crippen LogP contribution in [0.1, 0.15) is 41.6 Å². The van der Waals surface area contributed by atoms with E-state index in [0.717, 1.165) is 30.8 Å². The molecule has 0 fully saturated rings. The fraction of sp³-hybridized carbons (Fsp3) is 0.368. The Bertz CT molecular complexity index is 592. The SMILES string of the molecule is CCCOc1ccccc1C(N)Cc1cc(C)ccc1C. The van der Waals surface area contributed by atoms with E-state index in [1.807, 2.05) is 18.2 Å². The molecular weight excluding hydrogens is 258 g/mol. The molecule has 0 radical (unpaired) electrons. The van der Waals surface area contributed by atoms with Crippen molar-refractivity contribution in [3.63, 3.8) is 0 Å². The molecule has 0 aliphatic carbocycles. The smallest absolute Gasteiger partial charge is 0.124 e. The number of rotatable bonds is 6. The van der Waals surface area contributed by atoms with Gasteiger partial charge in [0, 0.05) is 11.6 Å². The van der Waals surface area contributed by atoms with E-state index >= 15 is 0 Å². The molecule has 2 aromatic carbocycles. The molecule has 2 N–H and O–H groups in total. The molecule has 2 nitrogen and oxygen atoms in total. The van der Waals surface area contributed by atoms with E-state index in [9.17, 15) is 0 Å². The molecule has 2 aromatic rings. The molecule has 112 valence electrons. The normalized spacial score (nSPS) is 12.2. The van der Waals surface area contributed by atoms with Crippen LogP contribution in [-0.4, -0.2) is 6.61 Å². The third kappa shape index (κ3) is 4.08. The fourth-order valence-corrected chi connectivity index (χ4v) is 2.50. The zero-order chi connectivity index (χ0) is 15.2. The second-order valence-electron chi connectivity index (χ2n) is 5.63. The summed E-state index contributed by atoms with van der Waals surface area (Å²) in [6.45, 7) is 7.10. The number of hydrogen-bond acceptors (Lipinski definition) is 2. The maximum absolute atomic E-state index is 6.44. The van der Waals surface area contributed by atoms with Gasteiger partial charge >= 0.3 is 0 Å². The van der Waals surface area contributed by atoms with Gasteiger partial charge < -0.3 is 10.5 Å². The van der Waals surface area contributed by atoms with E-state index in [1.54, 1.807) is 0 Å². The van der Waals surface area contributed by atoms with Gasteiger partial charge in [0.15, 0.2) is 0 Å². The van der Waals surface area contributed by atoms with Gasteiger partial charge in [-0.25, -0.2) is 0 Å². The van der Waals surface area contributed by atoms with E-state index < -0.39 is 0 Å². The summed E-state index contributed by atoms with van der Waals surface area (Å²) in [6.07, 6.45) is 1.83. The number of nitrogens with two attached hydrogens (primary N) is 1. The van der Waals surface area contributed by atoms with Crippen molar-refractivity contribution in [1.82, 2.24) is 0 Å². The van der Waals surface area contributed by atoms with Crippen molar-refractivity contribution < 1.29 is 4.74 Å². The molecule has 0 bridgehead atoms. The van der Waals surface area contributed by atoms with Gasteiger partial charge in [0.25, 0.3) is 0 Å². The lowest BCUT2D eigenvalue weighted by molar-refractivity contribution is 0.312. The van der Waals surface area contributed by atoms with Crippen LogP contribution in [0.2, 0.25) is 0 Å². The fourth-order valence-electron chi connectivity index (χ4n) is 2.50. The predicted octanol–water partition coefficient (Wildman–Crippen LogP) is 4.33. The van der Waals surface area contributed by atoms with Crippen LogP contribution < -0.4 is 10.5 Å². The summed E-state index contributed by atoms with van der Waals surface area (Å²) in [6, 6.07) is 14.6. The van der Waals surface area contributed by atoms with Crippen molar-refractivity contribution in [1.29, 1.82) is 0 Å². The lowest BCUT2D eigenvalue weighted by atomic mass is 9.95. The molecule has 2 heteroatoms. The van der Waals surface area contributed by atoms with Crippen molar-refractivity contribution in [3.8, 4) is 5.75 Å². The lowest BCUT2D eigenvalue weighted by Crippen LogP contribution is -2.15. The highest BCUT2D eigenvalue weighted by atomic mass is 16.5. The third-order valence-corrected chi connectivity index (χ3v) is 3.72. The maximum atomic E-state index is 6.44. The van der Waals surface area contributed by atoms with Crippen LogP contribution in [-0.2, 0) is 6.42 Å². The minimum atomic E-state index is -0.0430. The number of ether oxygens (including phenoxy) is 1. The first-order valence-electron chi connectivity index (χ1n) is 7.65. The number of hydrogen-bond donors (Lipinski definition) is 1. The highest BCUT2D eigenvalue weighted by molar-refractivity contribution is 5.38. The highest BCUT2D eigenvalue weighted by Crippen LogP contribution is 2.27. The first kappa shape index (κ1) is 15.6. The van der Waals surface area contributed by atoms with Gasteiger partial charge in [0.1, 0.15) is 5.75 Å². The van der Waals surface area contributed by atoms with Crippen molar-refractivity contribution in [2.24, 2.45) is 5.73 Å². The van der Waals surface area contributed by atoms with Crippen LogP contribution in [0.25, 0.3) is 0 Å². The molecule has 0 saturated carbocycles. The molecule has 1 unspecified atom stereocenters. The van der Waals surface area contributed by atoms with Gasteiger partial charge in [-0.15, -0.1) is 0 Å². The van der Waals surface area contributed by atoms with Gasteiger partial charge in [-0.2, -0.15) is 0 Å². The topological polar surface area (TPSA) is 35.2 Å². The van der Waals surface area contributed by atoms with Gasteiger partial charge in [-0.05, 0) is 43.9 Å². The van der Waals surface area contributed by atoms with Gasteiger partial charge in [-0.1, -0.05) is 48.9 Å². The minimum Gasteiger partial charge on any atom is -0.493 e. The predicted molar refractivity (Wildman–Crippen MR) is 88.8 cm³/mol. The lowest BCUT2D eigenvalue weighted by Gasteiger charge is -2.18. The molecule has 0 spiro atoms. The maximum Gasteiger partial charge on any atom is 0.124 e. The summed E-state index contributed by atoms with van der Waals surface area (Å²) in [5, 5.41) is 0. The third-order valence-electron chi connectivity index (χ3n) is 3.72. The van der Waals surface area contributed by atoms with E-state index in [4.69, 9.17) is 10.5 Å². The van der Waals surface area contributed by atoms with Crippen molar-refractivity contribution in [2.45, 2.75) is 39.7 Å². The number of para-hydroxylation sites is 1. The largest absolute Gasteiger partial charge is 0.493 e. The molecular formula is C19H25NO. The van der Waals surface area contributed by atoms with Gasteiger partial charge in [0.2, 0.25) is 0 Å². The highest BCUT2D eigenvalue weighted by Gasteiger charge is 2.13. The molecule has 0 heterocycles. The Balaban J connectivity index is 2.20. The minimum absolute atomic E-state index is 0.0430. The Morgan fingerprint density at radius 1 is 1.10 bits per heavy atom. The van der Waals surface area contributed by atoms with Crippen LogP contribution in [0.3, 0.4) is 0 Å². The molecule has 0 aromatic heterocycles. The zero-order valence-corrected chi connectivity index (χ0v) is 13.2. The van der Waals surface area contributed by atoms with Crippen molar-refractivity contribution in [2.75, 3.05) is 6.61 Å². The number of benzene rings is 2. The monoisotopic (exact) mass is 283 g/mol. The quantitative estimate of drug-likeness (QED) is 0.856. The Kier molecular flexibility index (Phi) is 5.40. The summed E-state index contributed by atoms with van der Waals surface area (Å²) in [5.74, 6) is 0.914. The summed E-state index contributed by atoms with van der Waals surface area (Å²) >= 11 is 0. The molecule has 0 saturated heterocycles. The van der Waals surface area contributed by atoms with E-state index in [1.165, 1.54) is 16.7 Å². The first-order valence-corrected chi connectivity index (χ1v) is 7.65. The second-order valence-corrected chi connectivity index (χ2v) is 5.63. The first-order chi connectivity index (χ1) is 10.1. The summed E-state index contributed by atoms with van der Waals surface area (Å²) in [5.41, 5.74) is 11.4. The van der Waals surface area contributed by atoms with E-state index in [2.05, 4.69) is 45.0 Å². The van der Waals surface area contributed by atoms with Crippen molar-refractivity contribution in [3.05, 3.63) is 64.7 Å². The van der Waals surface area contributed by atoms with Crippen LogP contribution in [0.4, 0.5) is 0 Å². The second kappa shape index (κ2) is 7.28. The summed E-state index contributed by atoms with van der Waals surface area (Å²) in [7, 11) is 0. The molecule has 0 aliphatic rings. The van der Waals surface area contributed by atoms with Crippen molar-refractivity contribution >= 4 is 0 Å². The average Bonchev–Trinajstić information content (AvgIpc) is 2.49. The van der Waals surface area contributed by atoms with Crippen LogP contribution in [0.15, 0.2) is 42.5 Å². The zero-order valence-electron chi connectivity index (χ0n) is 13.2. The summed E-state index contributed by atoms with van der Waals surface area (Å²) < 4.78 is 5.82. The standard InChI is InChI=1S/C19H25NO/c1-4-11-21-19-8-6-5-7-17(19)18(20)13-16-12-14(2)9-10-15(16)3/h5-10,12,18H,4,11,13,20H2,1-3H3. The Labute approximate surface area is 127 Å². The van der Waals surface area contributed by atoms with Gasteiger partial charge in [0.05, 0.1) is 6.61 Å². The Morgan fingerprint density at radius 2 is 1.86 bits per heavy atom. The molecule has 2 rings (SSSR count). The average molecular weight is 283 g/mol. The Morgan fingerprint density at radius 3 is 2.62 bits per heavy atom. The molecule has 1 atom stereocenters. The Hall–Kier alpha value is -1.80. The van der Waals surface area contributed by atoms with Crippen LogP contribution >= 0.6 is 0 Å². The molecule has 0 amide bonds. The van der Waals surface area contributed by atoms with Crippen LogP contribution in [0, 0.1) is 13.8 Å². The molecule has 0 aliphatic heterocycles. The van der Waals surface area contributed by atoms with Gasteiger partial charge in [-0.3, -0.25) is 0 Å². The number of aryl methyl sites for hydroxylation is 2. The van der Waals surface area contributed by atoms with Crippen LogP contribution in [0.5, 0.6) is 5.75 Å². The summed E-state index contributed by atoms with van der Waals surface area (Å²) in [4.78, 5) is 0. The molecule has 21 heavy (non-hydrogen) atoms. The van der Waals surface area contributed by atoms with E-state index in [0.29, 0.717) is 0 Å².